The largest absolute Gasteiger partial charge is 0.494 e. The molecule has 0 aliphatic rings. The van der Waals surface area contributed by atoms with E-state index in [1.807, 2.05) is 25.1 Å². The van der Waals surface area contributed by atoms with E-state index < -0.39 is 0 Å². The van der Waals surface area contributed by atoms with Crippen molar-refractivity contribution >= 4 is 0 Å². The third-order valence-electron chi connectivity index (χ3n) is 1.81. The molecule has 0 atom stereocenters. The molecule has 0 saturated carbocycles. The van der Waals surface area contributed by atoms with Crippen LogP contribution in [0.2, 0.25) is 0 Å². The zero-order chi connectivity index (χ0) is 9.52. The molecule has 0 bridgehead atoms. The maximum atomic E-state index is 5.47. The maximum Gasteiger partial charge on any atom is 0.122 e. The van der Waals surface area contributed by atoms with Crippen LogP contribution in [0.3, 0.4) is 0 Å². The molecule has 0 unspecified atom stereocenters. The van der Waals surface area contributed by atoms with E-state index in [-0.39, 0.29) is 0 Å². The van der Waals surface area contributed by atoms with Crippen molar-refractivity contribution in [2.45, 2.75) is 19.8 Å². The van der Waals surface area contributed by atoms with Gasteiger partial charge >= 0.3 is 0 Å². The summed E-state index contributed by atoms with van der Waals surface area (Å²) in [5.74, 6) is 3.59. The molecule has 0 aromatic heterocycles. The van der Waals surface area contributed by atoms with E-state index >= 15 is 0 Å². The molecule has 68 valence electrons. The van der Waals surface area contributed by atoms with E-state index in [1.165, 1.54) is 5.56 Å². The summed E-state index contributed by atoms with van der Waals surface area (Å²) in [6.07, 6.45) is 6.87. The number of hydrogen-bond donors (Lipinski definition) is 0. The highest BCUT2D eigenvalue weighted by Gasteiger charge is 1.99. The number of aryl methyl sites for hydroxylation is 1. The molecule has 13 heavy (non-hydrogen) atoms. The lowest BCUT2D eigenvalue weighted by atomic mass is 10.1. The Hall–Kier alpha value is -1.42. The molecule has 0 spiro atoms. The Morgan fingerprint density at radius 1 is 1.38 bits per heavy atom. The fourth-order valence-corrected chi connectivity index (χ4v) is 1.21. The SMILES string of the molecule is C#CCCc1ccccc1OCC. The van der Waals surface area contributed by atoms with Crippen molar-refractivity contribution in [1.82, 2.24) is 0 Å². The lowest BCUT2D eigenvalue weighted by molar-refractivity contribution is 0.336. The fraction of sp³-hybridized carbons (Fsp3) is 0.333. The molecule has 0 amide bonds. The Morgan fingerprint density at radius 2 is 2.15 bits per heavy atom. The highest BCUT2D eigenvalue weighted by molar-refractivity contribution is 5.33. The van der Waals surface area contributed by atoms with Gasteiger partial charge in [-0.15, -0.1) is 12.3 Å². The van der Waals surface area contributed by atoms with Crippen LogP contribution in [-0.2, 0) is 6.42 Å². The molecule has 1 nitrogen and oxygen atoms in total. The summed E-state index contributed by atoms with van der Waals surface area (Å²) in [5.41, 5.74) is 1.20. The number of para-hydroxylation sites is 1. The Morgan fingerprint density at radius 3 is 2.85 bits per heavy atom. The zero-order valence-electron chi connectivity index (χ0n) is 7.92. The highest BCUT2D eigenvalue weighted by atomic mass is 16.5. The minimum Gasteiger partial charge on any atom is -0.494 e. The summed E-state index contributed by atoms with van der Waals surface area (Å²) in [4.78, 5) is 0. The molecule has 1 rings (SSSR count). The van der Waals surface area contributed by atoms with E-state index in [0.717, 1.165) is 18.6 Å². The topological polar surface area (TPSA) is 9.23 Å². The zero-order valence-corrected chi connectivity index (χ0v) is 7.92. The van der Waals surface area contributed by atoms with Crippen LogP contribution in [0.4, 0.5) is 0 Å². The van der Waals surface area contributed by atoms with Gasteiger partial charge in [0.25, 0.3) is 0 Å². The van der Waals surface area contributed by atoms with E-state index in [2.05, 4.69) is 12.0 Å². The lowest BCUT2D eigenvalue weighted by Gasteiger charge is -2.07. The second-order valence-electron chi connectivity index (χ2n) is 2.74. The van der Waals surface area contributed by atoms with Crippen molar-refractivity contribution in [1.29, 1.82) is 0 Å². The van der Waals surface area contributed by atoms with Crippen LogP contribution in [0.15, 0.2) is 24.3 Å². The first kappa shape index (κ1) is 9.67. The molecular formula is C12H14O. The van der Waals surface area contributed by atoms with Crippen LogP contribution >= 0.6 is 0 Å². The normalized spacial score (nSPS) is 9.23. The molecule has 0 saturated heterocycles. The van der Waals surface area contributed by atoms with E-state index in [0.29, 0.717) is 6.61 Å². The second kappa shape index (κ2) is 5.27. The van der Waals surface area contributed by atoms with Crippen LogP contribution in [0.1, 0.15) is 18.9 Å². The van der Waals surface area contributed by atoms with Gasteiger partial charge in [0.1, 0.15) is 5.75 Å². The number of ether oxygens (including phenoxy) is 1. The van der Waals surface area contributed by atoms with Crippen molar-refractivity contribution in [3.63, 3.8) is 0 Å². The standard InChI is InChI=1S/C12H14O/c1-3-5-8-11-9-6-7-10-12(11)13-4-2/h1,6-7,9-10H,4-5,8H2,2H3. The van der Waals surface area contributed by atoms with Gasteiger partial charge in [-0.05, 0) is 25.0 Å². The van der Waals surface area contributed by atoms with Crippen LogP contribution < -0.4 is 4.74 Å². The number of terminal acetylenes is 1. The summed E-state index contributed by atoms with van der Waals surface area (Å²) in [7, 11) is 0. The Kier molecular flexibility index (Phi) is 3.92. The minimum absolute atomic E-state index is 0.701. The predicted molar refractivity (Wildman–Crippen MR) is 54.8 cm³/mol. The molecule has 0 aliphatic heterocycles. The third-order valence-corrected chi connectivity index (χ3v) is 1.81. The number of rotatable bonds is 4. The van der Waals surface area contributed by atoms with Crippen LogP contribution in [0.25, 0.3) is 0 Å². The van der Waals surface area contributed by atoms with Gasteiger partial charge in [0, 0.05) is 6.42 Å². The van der Waals surface area contributed by atoms with Gasteiger partial charge < -0.3 is 4.74 Å². The van der Waals surface area contributed by atoms with Crippen LogP contribution in [-0.4, -0.2) is 6.61 Å². The van der Waals surface area contributed by atoms with Crippen molar-refractivity contribution in [2.75, 3.05) is 6.61 Å². The summed E-state index contributed by atoms with van der Waals surface area (Å²) in [5, 5.41) is 0. The summed E-state index contributed by atoms with van der Waals surface area (Å²) in [6.45, 7) is 2.69. The van der Waals surface area contributed by atoms with Gasteiger partial charge in [0.05, 0.1) is 6.61 Å². The molecule has 0 fully saturated rings. The minimum atomic E-state index is 0.701. The number of benzene rings is 1. The van der Waals surface area contributed by atoms with Gasteiger partial charge in [-0.25, -0.2) is 0 Å². The molecule has 0 radical (unpaired) electrons. The molecule has 0 N–H and O–H groups in total. The van der Waals surface area contributed by atoms with Crippen molar-refractivity contribution < 1.29 is 4.74 Å². The molecular weight excluding hydrogens is 160 g/mol. The lowest BCUT2D eigenvalue weighted by Crippen LogP contribution is -1.96. The van der Waals surface area contributed by atoms with Gasteiger partial charge in [-0.3, -0.25) is 0 Å². The molecule has 1 heteroatoms. The van der Waals surface area contributed by atoms with Gasteiger partial charge in [-0.1, -0.05) is 18.2 Å². The van der Waals surface area contributed by atoms with E-state index in [1.54, 1.807) is 0 Å². The van der Waals surface area contributed by atoms with E-state index in [4.69, 9.17) is 11.2 Å². The third kappa shape index (κ3) is 2.83. The average molecular weight is 174 g/mol. The molecule has 0 aliphatic carbocycles. The van der Waals surface area contributed by atoms with Crippen LogP contribution in [0.5, 0.6) is 5.75 Å². The first-order valence-electron chi connectivity index (χ1n) is 4.52. The summed E-state index contributed by atoms with van der Waals surface area (Å²) >= 11 is 0. The van der Waals surface area contributed by atoms with Crippen molar-refractivity contribution in [2.24, 2.45) is 0 Å². The van der Waals surface area contributed by atoms with Crippen molar-refractivity contribution in [3.8, 4) is 18.1 Å². The van der Waals surface area contributed by atoms with Gasteiger partial charge in [0.15, 0.2) is 0 Å². The first-order chi connectivity index (χ1) is 6.38. The van der Waals surface area contributed by atoms with E-state index in [9.17, 15) is 0 Å². The van der Waals surface area contributed by atoms with Gasteiger partial charge in [-0.2, -0.15) is 0 Å². The predicted octanol–water partition coefficient (Wildman–Crippen LogP) is 2.65. The van der Waals surface area contributed by atoms with Gasteiger partial charge in [0.2, 0.25) is 0 Å². The van der Waals surface area contributed by atoms with Crippen LogP contribution in [0, 0.1) is 12.3 Å². The monoisotopic (exact) mass is 174 g/mol. The molecule has 0 heterocycles. The molecule has 1 aromatic rings. The average Bonchev–Trinajstić information content (AvgIpc) is 2.17. The number of hydrogen-bond acceptors (Lipinski definition) is 1. The fourth-order valence-electron chi connectivity index (χ4n) is 1.21. The van der Waals surface area contributed by atoms with Crippen molar-refractivity contribution in [3.05, 3.63) is 29.8 Å². The second-order valence-corrected chi connectivity index (χ2v) is 2.74. The Labute approximate surface area is 79.7 Å². The maximum absolute atomic E-state index is 5.47. The quantitative estimate of drug-likeness (QED) is 0.638. The Balaban J connectivity index is 2.73. The summed E-state index contributed by atoms with van der Waals surface area (Å²) < 4.78 is 5.47. The summed E-state index contributed by atoms with van der Waals surface area (Å²) in [6, 6.07) is 8.02. The smallest absolute Gasteiger partial charge is 0.122 e. The highest BCUT2D eigenvalue weighted by Crippen LogP contribution is 2.18. The molecule has 1 aromatic carbocycles. The first-order valence-corrected chi connectivity index (χ1v) is 4.52. The Bertz CT molecular complexity index is 296.